The van der Waals surface area contributed by atoms with Crippen LogP contribution in [0.1, 0.15) is 43.5 Å². The van der Waals surface area contributed by atoms with Crippen molar-refractivity contribution in [1.29, 1.82) is 0 Å². The van der Waals surface area contributed by atoms with E-state index in [0.29, 0.717) is 54.2 Å². The average molecular weight is 469 g/mol. The topological polar surface area (TPSA) is 72.2 Å². The molecule has 0 N–H and O–H groups in total. The number of ether oxygens (including phenoxy) is 2. The number of hydrogen-bond acceptors (Lipinski definition) is 5. The van der Waals surface area contributed by atoms with E-state index in [1.54, 1.807) is 40.1 Å². The van der Waals surface area contributed by atoms with Crippen LogP contribution in [-0.4, -0.2) is 53.6 Å². The maximum Gasteiger partial charge on any atom is 0.410 e. The Kier molecular flexibility index (Phi) is 7.38. The second-order valence-corrected chi connectivity index (χ2v) is 9.00. The van der Waals surface area contributed by atoms with Gasteiger partial charge >= 0.3 is 6.09 Å². The molecular formula is C22H26Cl2N2O5. The second-order valence-electron chi connectivity index (χ2n) is 8.22. The predicted molar refractivity (Wildman–Crippen MR) is 118 cm³/mol. The minimum atomic E-state index is -0.555. The number of furan rings is 1. The highest BCUT2D eigenvalue weighted by atomic mass is 35.5. The summed E-state index contributed by atoms with van der Waals surface area (Å²) in [7, 11) is 0. The molecule has 3 rings (SSSR count). The summed E-state index contributed by atoms with van der Waals surface area (Å²) in [5, 5.41) is 0.724. The molecule has 31 heavy (non-hydrogen) atoms. The van der Waals surface area contributed by atoms with Crippen LogP contribution in [0.5, 0.6) is 5.75 Å². The van der Waals surface area contributed by atoms with Crippen molar-refractivity contribution in [3.8, 4) is 5.75 Å². The van der Waals surface area contributed by atoms with Crippen LogP contribution in [-0.2, 0) is 11.3 Å². The number of carbonyl (C=O) groups is 2. The molecule has 1 aliphatic rings. The lowest BCUT2D eigenvalue weighted by molar-refractivity contribution is 0.0255. The monoisotopic (exact) mass is 468 g/mol. The molecule has 1 aromatic heterocycles. The van der Waals surface area contributed by atoms with Gasteiger partial charge in [-0.1, -0.05) is 29.3 Å². The van der Waals surface area contributed by atoms with Crippen molar-refractivity contribution >= 4 is 35.2 Å². The van der Waals surface area contributed by atoms with Crippen LogP contribution in [0.4, 0.5) is 4.79 Å². The van der Waals surface area contributed by atoms with Gasteiger partial charge in [0.15, 0.2) is 5.76 Å². The van der Waals surface area contributed by atoms with E-state index in [4.69, 9.17) is 37.1 Å². The van der Waals surface area contributed by atoms with Crippen molar-refractivity contribution in [1.82, 2.24) is 9.80 Å². The predicted octanol–water partition coefficient (Wildman–Crippen LogP) is 5.25. The lowest BCUT2D eigenvalue weighted by atomic mass is 10.2. The Morgan fingerprint density at radius 3 is 2.48 bits per heavy atom. The summed E-state index contributed by atoms with van der Waals surface area (Å²) in [4.78, 5) is 28.5. The highest BCUT2D eigenvalue weighted by molar-refractivity contribution is 6.42. The number of hydrogen-bond donors (Lipinski definition) is 0. The number of halogens is 2. The minimum absolute atomic E-state index is 0.111. The summed E-state index contributed by atoms with van der Waals surface area (Å²) in [6, 6.07) is 8.43. The van der Waals surface area contributed by atoms with Gasteiger partial charge in [-0.15, -0.1) is 0 Å². The lowest BCUT2D eigenvalue weighted by Gasteiger charge is -2.26. The Bertz CT molecular complexity index is 938. The van der Waals surface area contributed by atoms with Gasteiger partial charge in [0.2, 0.25) is 0 Å². The van der Waals surface area contributed by atoms with Gasteiger partial charge in [-0.2, -0.15) is 0 Å². The molecule has 9 heteroatoms. The van der Waals surface area contributed by atoms with Gasteiger partial charge in [-0.3, -0.25) is 4.79 Å². The SMILES string of the molecule is CC(C)(C)OC(=O)N1CCCN(C(=O)c2ccc(COc3cccc(Cl)c3Cl)o2)CC1. The molecule has 0 aliphatic carbocycles. The van der Waals surface area contributed by atoms with Crippen LogP contribution < -0.4 is 4.74 Å². The first-order valence-corrected chi connectivity index (χ1v) is 10.8. The first kappa shape index (κ1) is 23.3. The van der Waals surface area contributed by atoms with Crippen LogP contribution in [0, 0.1) is 0 Å². The lowest BCUT2D eigenvalue weighted by Crippen LogP contribution is -2.40. The molecule has 1 saturated heterocycles. The number of benzene rings is 1. The summed E-state index contributed by atoms with van der Waals surface area (Å²) in [6.45, 7) is 7.48. The van der Waals surface area contributed by atoms with Crippen LogP contribution >= 0.6 is 23.2 Å². The van der Waals surface area contributed by atoms with Crippen molar-refractivity contribution in [3.05, 3.63) is 51.9 Å². The Morgan fingerprint density at radius 2 is 1.74 bits per heavy atom. The van der Waals surface area contributed by atoms with E-state index >= 15 is 0 Å². The van der Waals surface area contributed by atoms with Gasteiger partial charge < -0.3 is 23.7 Å². The summed E-state index contributed by atoms with van der Waals surface area (Å²) < 4.78 is 16.8. The Morgan fingerprint density at radius 1 is 1.03 bits per heavy atom. The molecule has 0 unspecified atom stereocenters. The van der Waals surface area contributed by atoms with Crippen molar-refractivity contribution in [3.63, 3.8) is 0 Å². The Balaban J connectivity index is 1.56. The fourth-order valence-electron chi connectivity index (χ4n) is 3.10. The van der Waals surface area contributed by atoms with E-state index in [1.807, 2.05) is 20.8 Å². The quantitative estimate of drug-likeness (QED) is 0.612. The van der Waals surface area contributed by atoms with Gasteiger partial charge in [-0.25, -0.2) is 4.79 Å². The van der Waals surface area contributed by atoms with E-state index in [0.717, 1.165) is 0 Å². The van der Waals surface area contributed by atoms with Gasteiger partial charge in [0.1, 0.15) is 28.7 Å². The molecule has 1 aromatic carbocycles. The molecular weight excluding hydrogens is 443 g/mol. The average Bonchev–Trinajstić information content (AvgIpc) is 3.03. The largest absolute Gasteiger partial charge is 0.484 e. The number of carbonyl (C=O) groups excluding carboxylic acids is 2. The molecule has 1 fully saturated rings. The summed E-state index contributed by atoms with van der Waals surface area (Å²) >= 11 is 12.1. The smallest absolute Gasteiger partial charge is 0.410 e. The molecule has 0 radical (unpaired) electrons. The van der Waals surface area contributed by atoms with Crippen molar-refractivity contribution in [2.24, 2.45) is 0 Å². The first-order chi connectivity index (χ1) is 14.6. The van der Waals surface area contributed by atoms with E-state index in [-0.39, 0.29) is 24.4 Å². The van der Waals surface area contributed by atoms with Crippen molar-refractivity contribution in [2.75, 3.05) is 26.2 Å². The fraction of sp³-hybridized carbons (Fsp3) is 0.455. The molecule has 2 heterocycles. The highest BCUT2D eigenvalue weighted by Gasteiger charge is 2.27. The van der Waals surface area contributed by atoms with Crippen LogP contribution in [0.15, 0.2) is 34.7 Å². The molecule has 0 spiro atoms. The molecule has 0 atom stereocenters. The third-order valence-corrected chi connectivity index (χ3v) is 5.39. The second kappa shape index (κ2) is 9.83. The number of amides is 2. The van der Waals surface area contributed by atoms with Crippen molar-refractivity contribution in [2.45, 2.75) is 39.4 Å². The normalized spacial score (nSPS) is 14.9. The van der Waals surface area contributed by atoms with Crippen LogP contribution in [0.25, 0.3) is 0 Å². The zero-order valence-electron chi connectivity index (χ0n) is 17.8. The zero-order valence-corrected chi connectivity index (χ0v) is 19.3. The van der Waals surface area contributed by atoms with E-state index < -0.39 is 5.60 Å². The summed E-state index contributed by atoms with van der Waals surface area (Å²) in [5.41, 5.74) is -0.555. The Labute approximate surface area is 191 Å². The van der Waals surface area contributed by atoms with Crippen molar-refractivity contribution < 1.29 is 23.5 Å². The molecule has 0 saturated carbocycles. The van der Waals surface area contributed by atoms with Crippen LogP contribution in [0.3, 0.4) is 0 Å². The van der Waals surface area contributed by atoms with E-state index in [1.165, 1.54) is 0 Å². The maximum atomic E-state index is 12.9. The van der Waals surface area contributed by atoms with Gasteiger partial charge in [0, 0.05) is 26.2 Å². The maximum absolute atomic E-state index is 12.9. The fourth-order valence-corrected chi connectivity index (χ4v) is 3.45. The summed E-state index contributed by atoms with van der Waals surface area (Å²) in [5.74, 6) is 0.928. The summed E-state index contributed by atoms with van der Waals surface area (Å²) in [6.07, 6.45) is 0.300. The van der Waals surface area contributed by atoms with Gasteiger partial charge in [0.05, 0.1) is 5.02 Å². The molecule has 2 amide bonds. The van der Waals surface area contributed by atoms with E-state index in [2.05, 4.69) is 0 Å². The third-order valence-electron chi connectivity index (χ3n) is 4.59. The molecule has 168 valence electrons. The van der Waals surface area contributed by atoms with Gasteiger partial charge in [0.25, 0.3) is 5.91 Å². The van der Waals surface area contributed by atoms with Crippen LogP contribution in [0.2, 0.25) is 10.0 Å². The molecule has 1 aliphatic heterocycles. The standard InChI is InChI=1S/C22H26Cl2N2O5/c1-22(2,3)31-21(28)26-11-5-10-25(12-13-26)20(27)18-9-8-15(30-18)14-29-17-7-4-6-16(23)19(17)24/h4,6-9H,5,10-14H2,1-3H3. The van der Waals surface area contributed by atoms with E-state index in [9.17, 15) is 9.59 Å². The number of rotatable bonds is 4. The molecule has 2 aromatic rings. The Hall–Kier alpha value is -2.38. The van der Waals surface area contributed by atoms with Gasteiger partial charge in [-0.05, 0) is 51.5 Å². The molecule has 0 bridgehead atoms. The zero-order chi connectivity index (χ0) is 22.6. The number of nitrogens with zero attached hydrogens (tertiary/aromatic N) is 2. The molecule has 7 nitrogen and oxygen atoms in total. The minimum Gasteiger partial charge on any atom is -0.484 e. The first-order valence-electron chi connectivity index (χ1n) is 10.1. The highest BCUT2D eigenvalue weighted by Crippen LogP contribution is 2.32. The third kappa shape index (κ3) is 6.31.